The van der Waals surface area contributed by atoms with E-state index in [0.29, 0.717) is 30.8 Å². The maximum atomic E-state index is 13.8. The van der Waals surface area contributed by atoms with E-state index in [2.05, 4.69) is 17.4 Å². The lowest BCUT2D eigenvalue weighted by Gasteiger charge is -2.37. The van der Waals surface area contributed by atoms with Gasteiger partial charge in [-0.05, 0) is 46.5 Å². The number of benzene rings is 3. The van der Waals surface area contributed by atoms with Crippen molar-refractivity contribution in [3.63, 3.8) is 0 Å². The van der Waals surface area contributed by atoms with Crippen LogP contribution in [-0.2, 0) is 20.0 Å². The zero-order valence-corrected chi connectivity index (χ0v) is 18.0. The topological polar surface area (TPSA) is 54.3 Å². The van der Waals surface area contributed by atoms with Gasteiger partial charge in [-0.2, -0.15) is 0 Å². The molecule has 0 fully saturated rings. The Balaban J connectivity index is 1.45. The summed E-state index contributed by atoms with van der Waals surface area (Å²) in [4.78, 5) is 28.4. The quantitative estimate of drug-likeness (QED) is 0.536. The average molecular weight is 424 g/mol. The molecular formula is C27H25N3O2. The molecule has 1 aliphatic heterocycles. The molecular weight excluding hydrogens is 398 g/mol. The molecule has 0 saturated carbocycles. The molecule has 2 heterocycles. The van der Waals surface area contributed by atoms with Gasteiger partial charge >= 0.3 is 0 Å². The fourth-order valence-corrected chi connectivity index (χ4v) is 4.57. The number of carbonyl (C=O) groups excluding carboxylic acids is 2. The average Bonchev–Trinajstić information content (AvgIpc) is 3.27. The first-order valence-electron chi connectivity index (χ1n) is 10.9. The van der Waals surface area contributed by atoms with Crippen molar-refractivity contribution < 1.29 is 9.59 Å². The summed E-state index contributed by atoms with van der Waals surface area (Å²) in [5, 5.41) is 5.04. The Bertz CT molecular complexity index is 1300. The van der Waals surface area contributed by atoms with Gasteiger partial charge in [-0.15, -0.1) is 0 Å². The number of carbonyl (C=O) groups is 2. The second kappa shape index (κ2) is 8.35. The number of hydrogen-bond donors (Lipinski definition) is 1. The van der Waals surface area contributed by atoms with E-state index in [0.717, 1.165) is 16.3 Å². The molecule has 1 aromatic heterocycles. The number of nitrogens with zero attached hydrogens (tertiary/aromatic N) is 2. The van der Waals surface area contributed by atoms with E-state index in [9.17, 15) is 9.59 Å². The second-order valence-corrected chi connectivity index (χ2v) is 8.30. The molecule has 5 rings (SSSR count). The van der Waals surface area contributed by atoms with Crippen molar-refractivity contribution in [1.82, 2.24) is 14.8 Å². The summed E-state index contributed by atoms with van der Waals surface area (Å²) < 4.78 is 1.80. The van der Waals surface area contributed by atoms with E-state index in [1.807, 2.05) is 78.8 Å². The minimum absolute atomic E-state index is 0.00517. The van der Waals surface area contributed by atoms with E-state index in [-0.39, 0.29) is 17.9 Å². The van der Waals surface area contributed by atoms with Crippen molar-refractivity contribution in [1.29, 1.82) is 0 Å². The minimum atomic E-state index is -0.131. The van der Waals surface area contributed by atoms with Gasteiger partial charge in [-0.25, -0.2) is 0 Å². The van der Waals surface area contributed by atoms with Crippen LogP contribution in [0.1, 0.15) is 32.0 Å². The van der Waals surface area contributed by atoms with Crippen molar-refractivity contribution in [3.8, 4) is 0 Å². The smallest absolute Gasteiger partial charge is 0.267 e. The van der Waals surface area contributed by atoms with Crippen LogP contribution < -0.4 is 5.32 Å². The molecule has 0 saturated heterocycles. The fraction of sp³-hybridized carbons (Fsp3) is 0.185. The highest BCUT2D eigenvalue weighted by Gasteiger charge is 2.31. The van der Waals surface area contributed by atoms with Gasteiger partial charge in [0.25, 0.3) is 11.8 Å². The monoisotopic (exact) mass is 423 g/mol. The Morgan fingerprint density at radius 2 is 1.66 bits per heavy atom. The minimum Gasteiger partial charge on any atom is -0.349 e. The largest absolute Gasteiger partial charge is 0.349 e. The Morgan fingerprint density at radius 1 is 0.906 bits per heavy atom. The molecule has 1 aliphatic rings. The van der Waals surface area contributed by atoms with Crippen LogP contribution in [0.3, 0.4) is 0 Å². The molecule has 1 atom stereocenters. The van der Waals surface area contributed by atoms with Crippen molar-refractivity contribution in [2.45, 2.75) is 19.0 Å². The van der Waals surface area contributed by atoms with Crippen molar-refractivity contribution in [2.24, 2.45) is 7.05 Å². The van der Waals surface area contributed by atoms with Crippen LogP contribution in [0.5, 0.6) is 0 Å². The van der Waals surface area contributed by atoms with Gasteiger partial charge in [0.05, 0.1) is 6.04 Å². The van der Waals surface area contributed by atoms with Crippen LogP contribution in [0.15, 0.2) is 85.1 Å². The molecule has 32 heavy (non-hydrogen) atoms. The summed E-state index contributed by atoms with van der Waals surface area (Å²) in [6.45, 7) is 0.928. The number of rotatable bonds is 4. The first-order valence-corrected chi connectivity index (χ1v) is 10.9. The highest BCUT2D eigenvalue weighted by molar-refractivity contribution is 6.07. The first-order chi connectivity index (χ1) is 15.6. The number of fused-ring (bicyclic) bond motifs is 2. The van der Waals surface area contributed by atoms with Crippen LogP contribution in [0.4, 0.5) is 0 Å². The van der Waals surface area contributed by atoms with Crippen LogP contribution >= 0.6 is 0 Å². The maximum absolute atomic E-state index is 13.8. The summed E-state index contributed by atoms with van der Waals surface area (Å²) >= 11 is 0. The molecule has 5 nitrogen and oxygen atoms in total. The predicted molar refractivity (Wildman–Crippen MR) is 126 cm³/mol. The van der Waals surface area contributed by atoms with Gasteiger partial charge in [0.1, 0.15) is 5.69 Å². The van der Waals surface area contributed by atoms with Gasteiger partial charge in [-0.3, -0.25) is 9.59 Å². The molecule has 4 aromatic rings. The van der Waals surface area contributed by atoms with Gasteiger partial charge in [0.2, 0.25) is 0 Å². The van der Waals surface area contributed by atoms with Crippen LogP contribution in [0.25, 0.3) is 10.8 Å². The number of aromatic nitrogens is 1. The molecule has 0 bridgehead atoms. The Morgan fingerprint density at radius 3 is 2.47 bits per heavy atom. The standard InChI is InChI=1S/C27H25N3O2/c1-29-15-7-14-25(29)26(31)28-17-22-16-20-9-2-3-10-21(20)18-30(22)27(32)24-13-6-11-19-8-4-5-12-23(19)24/h2-15,22H,16-18H2,1H3,(H,28,31). The van der Waals surface area contributed by atoms with Gasteiger partial charge in [0, 0.05) is 31.9 Å². The third-order valence-corrected chi connectivity index (χ3v) is 6.31. The molecule has 3 aromatic carbocycles. The van der Waals surface area contributed by atoms with E-state index in [4.69, 9.17) is 0 Å². The van der Waals surface area contributed by atoms with Crippen molar-refractivity contribution in [3.05, 3.63) is 107 Å². The fourth-order valence-electron chi connectivity index (χ4n) is 4.57. The maximum Gasteiger partial charge on any atom is 0.267 e. The SMILES string of the molecule is Cn1cccc1C(=O)NCC1Cc2ccccc2CN1C(=O)c1cccc2ccccc12. The number of aryl methyl sites for hydroxylation is 1. The summed E-state index contributed by atoms with van der Waals surface area (Å²) in [6, 6.07) is 25.6. The van der Waals surface area contributed by atoms with Crippen LogP contribution in [0, 0.1) is 0 Å². The lowest BCUT2D eigenvalue weighted by atomic mass is 9.92. The molecule has 0 aliphatic carbocycles. The van der Waals surface area contributed by atoms with E-state index in [1.54, 1.807) is 10.6 Å². The highest BCUT2D eigenvalue weighted by Crippen LogP contribution is 2.27. The number of amides is 2. The Kier molecular flexibility index (Phi) is 5.23. The lowest BCUT2D eigenvalue weighted by Crippen LogP contribution is -2.50. The zero-order valence-electron chi connectivity index (χ0n) is 18.0. The predicted octanol–water partition coefficient (Wildman–Crippen LogP) is 4.18. The summed E-state index contributed by atoms with van der Waals surface area (Å²) in [7, 11) is 1.85. The Hall–Kier alpha value is -3.86. The molecule has 0 spiro atoms. The molecule has 160 valence electrons. The third-order valence-electron chi connectivity index (χ3n) is 6.31. The molecule has 0 radical (unpaired) electrons. The summed E-state index contributed by atoms with van der Waals surface area (Å²) in [5.41, 5.74) is 3.69. The van der Waals surface area contributed by atoms with Gasteiger partial charge in [0.15, 0.2) is 0 Å². The summed E-state index contributed by atoms with van der Waals surface area (Å²) in [6.07, 6.45) is 2.56. The van der Waals surface area contributed by atoms with Crippen molar-refractivity contribution in [2.75, 3.05) is 6.54 Å². The molecule has 1 unspecified atom stereocenters. The van der Waals surface area contributed by atoms with Crippen LogP contribution in [-0.4, -0.2) is 33.9 Å². The Labute approximate surface area is 187 Å². The van der Waals surface area contributed by atoms with Crippen molar-refractivity contribution >= 4 is 22.6 Å². The highest BCUT2D eigenvalue weighted by atomic mass is 16.2. The molecule has 1 N–H and O–H groups in total. The van der Waals surface area contributed by atoms with Gasteiger partial charge < -0.3 is 14.8 Å². The van der Waals surface area contributed by atoms with E-state index >= 15 is 0 Å². The number of hydrogen-bond acceptors (Lipinski definition) is 2. The summed E-state index contributed by atoms with van der Waals surface area (Å²) in [5.74, 6) is -0.136. The van der Waals surface area contributed by atoms with E-state index in [1.165, 1.54) is 5.56 Å². The van der Waals surface area contributed by atoms with Crippen LogP contribution in [0.2, 0.25) is 0 Å². The first kappa shape index (κ1) is 20.1. The van der Waals surface area contributed by atoms with Gasteiger partial charge in [-0.1, -0.05) is 60.7 Å². The normalized spacial score (nSPS) is 15.4. The number of nitrogens with one attached hydrogen (secondary N) is 1. The zero-order chi connectivity index (χ0) is 22.1. The molecule has 2 amide bonds. The lowest BCUT2D eigenvalue weighted by molar-refractivity contribution is 0.0630. The molecule has 5 heteroatoms. The van der Waals surface area contributed by atoms with E-state index < -0.39 is 0 Å². The second-order valence-electron chi connectivity index (χ2n) is 8.30. The third kappa shape index (κ3) is 3.66.